The molecule has 0 radical (unpaired) electrons. The van der Waals surface area contributed by atoms with Gasteiger partial charge in [-0.25, -0.2) is 0 Å². The van der Waals surface area contributed by atoms with Gasteiger partial charge >= 0.3 is 0 Å². The number of benzene rings is 1. The number of fused-ring (bicyclic) bond motifs is 1. The van der Waals surface area contributed by atoms with Crippen LogP contribution in [-0.2, 0) is 4.79 Å². The lowest BCUT2D eigenvalue weighted by atomic mass is 10.1. The topological polar surface area (TPSA) is 41.1 Å². The van der Waals surface area contributed by atoms with Crippen LogP contribution in [0, 0.1) is 5.92 Å². The normalized spacial score (nSPS) is 40.1. The molecule has 0 bridgehead atoms. The Balaban J connectivity index is 1.33. The van der Waals surface area contributed by atoms with Crippen molar-refractivity contribution in [1.82, 2.24) is 10.6 Å². The van der Waals surface area contributed by atoms with Gasteiger partial charge in [0.25, 0.3) is 0 Å². The van der Waals surface area contributed by atoms with Crippen molar-refractivity contribution in [1.29, 1.82) is 0 Å². The molecule has 1 heterocycles. The predicted octanol–water partition coefficient (Wildman–Crippen LogP) is 1.41. The van der Waals surface area contributed by atoms with Gasteiger partial charge in [-0.05, 0) is 30.7 Å². The highest BCUT2D eigenvalue weighted by Gasteiger charge is 2.49. The first-order valence-corrected chi connectivity index (χ1v) is 6.92. The Kier molecular flexibility index (Phi) is 2.24. The molecule has 2 N–H and O–H groups in total. The van der Waals surface area contributed by atoms with Crippen LogP contribution in [0.15, 0.2) is 30.3 Å². The Morgan fingerprint density at radius 1 is 1.17 bits per heavy atom. The van der Waals surface area contributed by atoms with Crippen molar-refractivity contribution in [3.05, 3.63) is 35.9 Å². The van der Waals surface area contributed by atoms with Crippen molar-refractivity contribution in [2.24, 2.45) is 5.92 Å². The predicted molar refractivity (Wildman–Crippen MR) is 69.2 cm³/mol. The second kappa shape index (κ2) is 3.82. The van der Waals surface area contributed by atoms with Gasteiger partial charge in [0.1, 0.15) is 0 Å². The number of nitrogens with one attached hydrogen (secondary N) is 2. The zero-order valence-electron chi connectivity index (χ0n) is 10.3. The number of piperidine rings is 1. The Labute approximate surface area is 107 Å². The summed E-state index contributed by atoms with van der Waals surface area (Å²) in [5, 5.41) is 6.59. The molecule has 3 aliphatic rings. The zero-order valence-corrected chi connectivity index (χ0v) is 10.3. The Morgan fingerprint density at radius 3 is 2.72 bits per heavy atom. The molecular weight excluding hydrogens is 224 g/mol. The molecule has 5 atom stereocenters. The summed E-state index contributed by atoms with van der Waals surface area (Å²) < 4.78 is 0. The van der Waals surface area contributed by atoms with Crippen LogP contribution in [0.1, 0.15) is 30.7 Å². The van der Waals surface area contributed by atoms with Gasteiger partial charge in [0.2, 0.25) is 5.91 Å². The molecule has 94 valence electrons. The molecule has 1 amide bonds. The molecule has 1 aromatic carbocycles. The highest BCUT2D eigenvalue weighted by atomic mass is 16.2. The molecular formula is C15H18N2O. The van der Waals surface area contributed by atoms with Gasteiger partial charge in [0.15, 0.2) is 0 Å². The maximum atomic E-state index is 12.1. The van der Waals surface area contributed by atoms with E-state index in [4.69, 9.17) is 0 Å². The summed E-state index contributed by atoms with van der Waals surface area (Å²) in [5.41, 5.74) is 1.35. The third-order valence-electron chi connectivity index (χ3n) is 4.54. The molecule has 2 aliphatic carbocycles. The highest BCUT2D eigenvalue weighted by Crippen LogP contribution is 2.42. The van der Waals surface area contributed by atoms with Crippen LogP contribution in [0.2, 0.25) is 0 Å². The lowest BCUT2D eigenvalue weighted by molar-refractivity contribution is -0.123. The monoisotopic (exact) mass is 242 g/mol. The van der Waals surface area contributed by atoms with Gasteiger partial charge in [0, 0.05) is 18.0 Å². The minimum Gasteiger partial charge on any atom is -0.351 e. The average molecular weight is 242 g/mol. The molecule has 2 saturated carbocycles. The van der Waals surface area contributed by atoms with E-state index in [-0.39, 0.29) is 11.9 Å². The number of carbonyl (C=O) groups excluding carboxylic acids is 1. The van der Waals surface area contributed by atoms with Crippen LogP contribution in [0.25, 0.3) is 0 Å². The fourth-order valence-electron chi connectivity index (χ4n) is 3.23. The van der Waals surface area contributed by atoms with Crippen molar-refractivity contribution in [2.45, 2.75) is 43.3 Å². The summed E-state index contributed by atoms with van der Waals surface area (Å²) in [7, 11) is 0. The van der Waals surface area contributed by atoms with E-state index in [1.165, 1.54) is 12.0 Å². The number of amides is 1. The summed E-state index contributed by atoms with van der Waals surface area (Å²) in [6.45, 7) is 0. The largest absolute Gasteiger partial charge is 0.351 e. The third-order valence-corrected chi connectivity index (χ3v) is 4.54. The fourth-order valence-corrected chi connectivity index (χ4v) is 3.23. The van der Waals surface area contributed by atoms with Crippen molar-refractivity contribution in [3.63, 3.8) is 0 Å². The van der Waals surface area contributed by atoms with Crippen LogP contribution >= 0.6 is 0 Å². The first-order chi connectivity index (χ1) is 8.81. The van der Waals surface area contributed by atoms with Crippen molar-refractivity contribution in [3.8, 4) is 0 Å². The lowest BCUT2D eigenvalue weighted by Gasteiger charge is -2.13. The molecule has 4 rings (SSSR count). The molecule has 3 heteroatoms. The van der Waals surface area contributed by atoms with Crippen LogP contribution in [0.5, 0.6) is 0 Å². The average Bonchev–Trinajstić information content (AvgIpc) is 3.30. The zero-order chi connectivity index (χ0) is 12.1. The van der Waals surface area contributed by atoms with Crippen LogP contribution in [0.3, 0.4) is 0 Å². The summed E-state index contributed by atoms with van der Waals surface area (Å²) in [4.78, 5) is 12.1. The van der Waals surface area contributed by atoms with E-state index in [9.17, 15) is 4.79 Å². The summed E-state index contributed by atoms with van der Waals surface area (Å²) in [6, 6.07) is 11.6. The van der Waals surface area contributed by atoms with E-state index in [1.54, 1.807) is 0 Å². The maximum Gasteiger partial charge on any atom is 0.237 e. The second-order valence-corrected chi connectivity index (χ2v) is 5.93. The molecule has 1 aliphatic heterocycles. The van der Waals surface area contributed by atoms with Crippen molar-refractivity contribution < 1.29 is 4.79 Å². The van der Waals surface area contributed by atoms with E-state index in [2.05, 4.69) is 34.9 Å². The first kappa shape index (κ1) is 10.6. The molecule has 3 fully saturated rings. The van der Waals surface area contributed by atoms with Crippen molar-refractivity contribution in [2.75, 3.05) is 0 Å². The second-order valence-electron chi connectivity index (χ2n) is 5.93. The maximum absolute atomic E-state index is 12.1. The van der Waals surface area contributed by atoms with Gasteiger partial charge in [-0.3, -0.25) is 4.79 Å². The summed E-state index contributed by atoms with van der Waals surface area (Å²) >= 11 is 0. The molecule has 3 nitrogen and oxygen atoms in total. The van der Waals surface area contributed by atoms with E-state index in [0.717, 1.165) is 18.8 Å². The Hall–Kier alpha value is -1.35. The number of rotatable bonds is 3. The molecule has 18 heavy (non-hydrogen) atoms. The smallest absolute Gasteiger partial charge is 0.237 e. The quantitative estimate of drug-likeness (QED) is 0.841. The van der Waals surface area contributed by atoms with E-state index >= 15 is 0 Å². The van der Waals surface area contributed by atoms with Crippen LogP contribution < -0.4 is 10.6 Å². The lowest BCUT2D eigenvalue weighted by Crippen LogP contribution is -2.43. The Bertz CT molecular complexity index is 463. The SMILES string of the molecule is O=C(N[C@H]1C[C@@H]1c1ccccc1)[C@@H]1CC2C[C@H]2N1. The van der Waals surface area contributed by atoms with Gasteiger partial charge < -0.3 is 10.6 Å². The number of hydrogen-bond acceptors (Lipinski definition) is 2. The summed E-state index contributed by atoms with van der Waals surface area (Å²) in [5.74, 6) is 1.53. The minimum atomic E-state index is 0.0748. The van der Waals surface area contributed by atoms with E-state index in [0.29, 0.717) is 18.0 Å². The Morgan fingerprint density at radius 2 is 2.00 bits per heavy atom. The molecule has 1 saturated heterocycles. The van der Waals surface area contributed by atoms with Gasteiger partial charge in [-0.2, -0.15) is 0 Å². The summed E-state index contributed by atoms with van der Waals surface area (Å²) in [6.07, 6.45) is 3.41. The first-order valence-electron chi connectivity index (χ1n) is 6.92. The fraction of sp³-hybridized carbons (Fsp3) is 0.533. The third kappa shape index (κ3) is 1.83. The van der Waals surface area contributed by atoms with Crippen LogP contribution in [0.4, 0.5) is 0 Å². The minimum absolute atomic E-state index is 0.0748. The molecule has 0 spiro atoms. The van der Waals surface area contributed by atoms with Crippen LogP contribution in [-0.4, -0.2) is 24.0 Å². The molecule has 0 aromatic heterocycles. The van der Waals surface area contributed by atoms with Gasteiger partial charge in [-0.1, -0.05) is 30.3 Å². The molecule has 1 unspecified atom stereocenters. The van der Waals surface area contributed by atoms with Gasteiger partial charge in [-0.15, -0.1) is 0 Å². The van der Waals surface area contributed by atoms with E-state index in [1.807, 2.05) is 6.07 Å². The highest BCUT2D eigenvalue weighted by molar-refractivity contribution is 5.83. The van der Waals surface area contributed by atoms with E-state index < -0.39 is 0 Å². The van der Waals surface area contributed by atoms with Crippen molar-refractivity contribution >= 4 is 5.91 Å². The number of carbonyl (C=O) groups is 1. The molecule has 1 aromatic rings. The van der Waals surface area contributed by atoms with Gasteiger partial charge in [0.05, 0.1) is 6.04 Å². The number of hydrogen-bond donors (Lipinski definition) is 2. The standard InChI is InChI=1S/C15H18N2O/c18-15(14-7-10-6-12(10)16-14)17-13-8-11(13)9-4-2-1-3-5-9/h1-5,10-14,16H,6-8H2,(H,17,18)/t10?,11-,12-,13+,14+/m1/s1.